The fourth-order valence-electron chi connectivity index (χ4n) is 2.08. The maximum atomic E-state index is 5.61. The summed E-state index contributed by atoms with van der Waals surface area (Å²) in [4.78, 5) is 0. The van der Waals surface area contributed by atoms with Crippen LogP contribution in [-0.4, -0.2) is 0 Å². The number of rotatable bonds is 4. The van der Waals surface area contributed by atoms with Gasteiger partial charge >= 0.3 is 0 Å². The molecule has 2 aromatic rings. The standard InChI is InChI=1S/C16H20N2/c1-12(15-6-2-13(10-17)3-7-15)16-8-4-14(11-18)5-9-16/h2-9,12H,10-11,17-18H2,1H3. The van der Waals surface area contributed by atoms with E-state index >= 15 is 0 Å². The summed E-state index contributed by atoms with van der Waals surface area (Å²) in [5, 5.41) is 0. The van der Waals surface area contributed by atoms with Gasteiger partial charge in [0.2, 0.25) is 0 Å². The Balaban J connectivity index is 2.20. The first-order valence-corrected chi connectivity index (χ1v) is 6.32. The van der Waals surface area contributed by atoms with E-state index in [1.807, 2.05) is 0 Å². The molecule has 2 aromatic carbocycles. The van der Waals surface area contributed by atoms with Gasteiger partial charge in [-0.3, -0.25) is 0 Å². The third kappa shape index (κ3) is 2.78. The van der Waals surface area contributed by atoms with Crippen molar-refractivity contribution in [1.82, 2.24) is 0 Å². The van der Waals surface area contributed by atoms with Crippen molar-refractivity contribution in [2.75, 3.05) is 0 Å². The first-order chi connectivity index (χ1) is 8.74. The van der Waals surface area contributed by atoms with E-state index < -0.39 is 0 Å². The van der Waals surface area contributed by atoms with Gasteiger partial charge in [0.25, 0.3) is 0 Å². The molecule has 2 nitrogen and oxygen atoms in total. The molecular weight excluding hydrogens is 220 g/mol. The molecule has 4 N–H and O–H groups in total. The minimum atomic E-state index is 0.392. The quantitative estimate of drug-likeness (QED) is 0.863. The van der Waals surface area contributed by atoms with Gasteiger partial charge in [0.05, 0.1) is 0 Å². The molecule has 0 spiro atoms. The fraction of sp³-hybridized carbons (Fsp3) is 0.250. The Bertz CT molecular complexity index is 438. The summed E-state index contributed by atoms with van der Waals surface area (Å²) >= 11 is 0. The molecule has 0 aliphatic heterocycles. The molecule has 0 saturated heterocycles. The van der Waals surface area contributed by atoms with Crippen molar-refractivity contribution in [2.24, 2.45) is 11.5 Å². The first-order valence-electron chi connectivity index (χ1n) is 6.32. The average Bonchev–Trinajstić information content (AvgIpc) is 2.47. The fourth-order valence-corrected chi connectivity index (χ4v) is 2.08. The third-order valence-electron chi connectivity index (χ3n) is 3.43. The van der Waals surface area contributed by atoms with Crippen LogP contribution in [0.3, 0.4) is 0 Å². The Morgan fingerprint density at radius 3 is 1.33 bits per heavy atom. The van der Waals surface area contributed by atoms with E-state index in [4.69, 9.17) is 11.5 Å². The van der Waals surface area contributed by atoms with Crippen molar-refractivity contribution in [2.45, 2.75) is 25.9 Å². The molecule has 18 heavy (non-hydrogen) atoms. The van der Waals surface area contributed by atoms with Crippen molar-refractivity contribution in [1.29, 1.82) is 0 Å². The molecule has 0 radical (unpaired) electrons. The van der Waals surface area contributed by atoms with Crippen LogP contribution >= 0.6 is 0 Å². The van der Waals surface area contributed by atoms with Gasteiger partial charge in [0.15, 0.2) is 0 Å². The van der Waals surface area contributed by atoms with Crippen molar-refractivity contribution in [3.8, 4) is 0 Å². The smallest absolute Gasteiger partial charge is 0.0178 e. The van der Waals surface area contributed by atoms with E-state index in [0.717, 1.165) is 0 Å². The minimum Gasteiger partial charge on any atom is -0.326 e. The molecule has 0 bridgehead atoms. The van der Waals surface area contributed by atoms with E-state index in [1.54, 1.807) is 0 Å². The van der Waals surface area contributed by atoms with Gasteiger partial charge in [0.1, 0.15) is 0 Å². The lowest BCUT2D eigenvalue weighted by molar-refractivity contribution is 0.915. The van der Waals surface area contributed by atoms with Crippen LogP contribution < -0.4 is 11.5 Å². The number of nitrogens with two attached hydrogens (primary N) is 2. The second-order valence-corrected chi connectivity index (χ2v) is 4.61. The lowest BCUT2D eigenvalue weighted by Crippen LogP contribution is -2.00. The highest BCUT2D eigenvalue weighted by atomic mass is 14.5. The zero-order chi connectivity index (χ0) is 13.0. The van der Waals surface area contributed by atoms with Gasteiger partial charge in [0, 0.05) is 19.0 Å². The average molecular weight is 240 g/mol. The summed E-state index contributed by atoms with van der Waals surface area (Å²) in [5.74, 6) is 0.392. The Morgan fingerprint density at radius 1 is 0.722 bits per heavy atom. The summed E-state index contributed by atoms with van der Waals surface area (Å²) < 4.78 is 0. The van der Waals surface area contributed by atoms with Crippen LogP contribution in [0.4, 0.5) is 0 Å². The van der Waals surface area contributed by atoms with Crippen LogP contribution in [0.25, 0.3) is 0 Å². The molecule has 0 saturated carbocycles. The van der Waals surface area contributed by atoms with Crippen molar-refractivity contribution < 1.29 is 0 Å². The summed E-state index contributed by atoms with van der Waals surface area (Å²) in [6, 6.07) is 17.0. The Kier molecular flexibility index (Phi) is 4.13. The molecule has 0 atom stereocenters. The predicted octanol–water partition coefficient (Wildman–Crippen LogP) is 2.76. The van der Waals surface area contributed by atoms with Crippen LogP contribution in [0.2, 0.25) is 0 Å². The largest absolute Gasteiger partial charge is 0.326 e. The molecule has 94 valence electrons. The zero-order valence-electron chi connectivity index (χ0n) is 10.8. The van der Waals surface area contributed by atoms with E-state index in [0.29, 0.717) is 19.0 Å². The topological polar surface area (TPSA) is 52.0 Å². The molecular formula is C16H20N2. The Labute approximate surface area is 109 Å². The van der Waals surface area contributed by atoms with Crippen molar-refractivity contribution in [3.05, 3.63) is 70.8 Å². The normalized spacial score (nSPS) is 10.9. The number of hydrogen-bond acceptors (Lipinski definition) is 2. The zero-order valence-corrected chi connectivity index (χ0v) is 10.8. The lowest BCUT2D eigenvalue weighted by atomic mass is 9.92. The van der Waals surface area contributed by atoms with E-state index in [2.05, 4.69) is 55.5 Å². The molecule has 2 rings (SSSR count). The highest BCUT2D eigenvalue weighted by molar-refractivity contribution is 5.34. The highest BCUT2D eigenvalue weighted by Crippen LogP contribution is 2.24. The maximum Gasteiger partial charge on any atom is 0.0178 e. The van der Waals surface area contributed by atoms with Crippen LogP contribution in [0, 0.1) is 0 Å². The summed E-state index contributed by atoms with van der Waals surface area (Å²) in [6.45, 7) is 3.41. The van der Waals surface area contributed by atoms with Gasteiger partial charge in [-0.25, -0.2) is 0 Å². The Hall–Kier alpha value is -1.64. The molecule has 0 amide bonds. The van der Waals surface area contributed by atoms with E-state index in [9.17, 15) is 0 Å². The number of benzene rings is 2. The van der Waals surface area contributed by atoms with Gasteiger partial charge in [-0.15, -0.1) is 0 Å². The van der Waals surface area contributed by atoms with Gasteiger partial charge < -0.3 is 11.5 Å². The molecule has 0 heterocycles. The van der Waals surface area contributed by atoms with Crippen molar-refractivity contribution in [3.63, 3.8) is 0 Å². The molecule has 2 heteroatoms. The number of hydrogen-bond donors (Lipinski definition) is 2. The maximum absolute atomic E-state index is 5.61. The molecule has 0 aliphatic carbocycles. The van der Waals surface area contributed by atoms with Gasteiger partial charge in [-0.2, -0.15) is 0 Å². The summed E-state index contributed by atoms with van der Waals surface area (Å²) in [6.07, 6.45) is 0. The first kappa shape index (κ1) is 12.8. The molecule has 0 aliphatic rings. The predicted molar refractivity (Wildman–Crippen MR) is 76.2 cm³/mol. The second-order valence-electron chi connectivity index (χ2n) is 4.61. The highest BCUT2D eigenvalue weighted by Gasteiger charge is 2.07. The SMILES string of the molecule is CC(c1ccc(CN)cc1)c1ccc(CN)cc1. The van der Waals surface area contributed by atoms with E-state index in [-0.39, 0.29) is 0 Å². The van der Waals surface area contributed by atoms with Gasteiger partial charge in [-0.1, -0.05) is 55.5 Å². The monoisotopic (exact) mass is 240 g/mol. The van der Waals surface area contributed by atoms with E-state index in [1.165, 1.54) is 22.3 Å². The minimum absolute atomic E-state index is 0.392. The van der Waals surface area contributed by atoms with Crippen LogP contribution in [-0.2, 0) is 13.1 Å². The van der Waals surface area contributed by atoms with Crippen LogP contribution in [0.1, 0.15) is 35.1 Å². The molecule has 0 aromatic heterocycles. The lowest BCUT2D eigenvalue weighted by Gasteiger charge is -2.13. The molecule has 0 unspecified atom stereocenters. The Morgan fingerprint density at radius 2 is 1.06 bits per heavy atom. The summed E-state index contributed by atoms with van der Waals surface area (Å²) in [7, 11) is 0. The van der Waals surface area contributed by atoms with Crippen molar-refractivity contribution >= 4 is 0 Å². The summed E-state index contributed by atoms with van der Waals surface area (Å²) in [5.41, 5.74) is 16.2. The third-order valence-corrected chi connectivity index (χ3v) is 3.43. The van der Waals surface area contributed by atoms with Gasteiger partial charge in [-0.05, 0) is 22.3 Å². The van der Waals surface area contributed by atoms with Crippen LogP contribution in [0.5, 0.6) is 0 Å². The second kappa shape index (κ2) is 5.80. The van der Waals surface area contributed by atoms with Crippen LogP contribution in [0.15, 0.2) is 48.5 Å². The molecule has 0 fully saturated rings.